The molecule has 0 aliphatic carbocycles. The number of imide groups is 1. The van der Waals surface area contributed by atoms with Crippen molar-refractivity contribution in [1.29, 1.82) is 0 Å². The zero-order valence-electron chi connectivity index (χ0n) is 16.3. The molecule has 3 rings (SSSR count). The Balaban J connectivity index is 1.90. The highest BCUT2D eigenvalue weighted by Gasteiger charge is 2.41. The molecule has 27 heavy (non-hydrogen) atoms. The van der Waals surface area contributed by atoms with Crippen LogP contribution in [0.25, 0.3) is 0 Å². The molecule has 1 heterocycles. The summed E-state index contributed by atoms with van der Waals surface area (Å²) in [5.41, 5.74) is 4.58. The summed E-state index contributed by atoms with van der Waals surface area (Å²) < 4.78 is 10.5. The number of methoxy groups -OCH3 is 2. The third-order valence-electron chi connectivity index (χ3n) is 4.77. The molecule has 1 atom stereocenters. The number of aryl methyl sites for hydroxylation is 3. The van der Waals surface area contributed by atoms with Crippen molar-refractivity contribution >= 4 is 23.2 Å². The third kappa shape index (κ3) is 3.47. The predicted octanol–water partition coefficient (Wildman–Crippen LogP) is 3.37. The molecule has 0 unspecified atom stereocenters. The highest BCUT2D eigenvalue weighted by molar-refractivity contribution is 6.23. The van der Waals surface area contributed by atoms with Gasteiger partial charge in [-0.2, -0.15) is 0 Å². The number of ether oxygens (including phenoxy) is 2. The van der Waals surface area contributed by atoms with Crippen molar-refractivity contribution in [2.24, 2.45) is 0 Å². The lowest BCUT2D eigenvalue weighted by Crippen LogP contribution is -2.35. The summed E-state index contributed by atoms with van der Waals surface area (Å²) in [6.07, 6.45) is 0.0980. The maximum atomic E-state index is 13.0. The molecule has 1 saturated heterocycles. The lowest BCUT2D eigenvalue weighted by molar-refractivity contribution is -0.121. The Kier molecular flexibility index (Phi) is 5.08. The quantitative estimate of drug-likeness (QED) is 0.820. The Labute approximate surface area is 159 Å². The largest absolute Gasteiger partial charge is 0.497 e. The van der Waals surface area contributed by atoms with E-state index in [-0.39, 0.29) is 18.2 Å². The van der Waals surface area contributed by atoms with Crippen molar-refractivity contribution in [2.75, 3.05) is 24.4 Å². The van der Waals surface area contributed by atoms with Gasteiger partial charge in [-0.3, -0.25) is 9.59 Å². The Hall–Kier alpha value is -3.02. The van der Waals surface area contributed by atoms with E-state index in [0.29, 0.717) is 17.2 Å². The van der Waals surface area contributed by atoms with Crippen LogP contribution in [0.1, 0.15) is 23.1 Å². The molecule has 0 saturated carbocycles. The maximum absolute atomic E-state index is 13.0. The Bertz CT molecular complexity index is 884. The number of nitrogens with zero attached hydrogens (tertiary/aromatic N) is 1. The number of rotatable bonds is 5. The number of hydrogen-bond acceptors (Lipinski definition) is 5. The van der Waals surface area contributed by atoms with Gasteiger partial charge < -0.3 is 14.8 Å². The second kappa shape index (κ2) is 7.31. The summed E-state index contributed by atoms with van der Waals surface area (Å²) in [6.45, 7) is 6.02. The molecule has 2 amide bonds. The fourth-order valence-electron chi connectivity index (χ4n) is 3.55. The highest BCUT2D eigenvalue weighted by Crippen LogP contribution is 2.36. The normalized spacial score (nSPS) is 16.6. The van der Waals surface area contributed by atoms with Gasteiger partial charge >= 0.3 is 0 Å². The molecule has 1 fully saturated rings. The molecular weight excluding hydrogens is 344 g/mol. The van der Waals surface area contributed by atoms with Crippen LogP contribution in [0.5, 0.6) is 11.5 Å². The maximum Gasteiger partial charge on any atom is 0.256 e. The van der Waals surface area contributed by atoms with Gasteiger partial charge in [0.15, 0.2) is 0 Å². The van der Waals surface area contributed by atoms with Crippen molar-refractivity contribution in [1.82, 2.24) is 0 Å². The van der Waals surface area contributed by atoms with Crippen LogP contribution >= 0.6 is 0 Å². The minimum atomic E-state index is -0.607. The Morgan fingerprint density at radius 2 is 1.67 bits per heavy atom. The third-order valence-corrected chi connectivity index (χ3v) is 4.77. The smallest absolute Gasteiger partial charge is 0.256 e. The van der Waals surface area contributed by atoms with E-state index >= 15 is 0 Å². The molecule has 0 bridgehead atoms. The fraction of sp³-hybridized carbons (Fsp3) is 0.333. The van der Waals surface area contributed by atoms with Crippen molar-refractivity contribution in [3.05, 3.63) is 47.0 Å². The SMILES string of the molecule is COc1ccc(N2C(=O)C[C@@H](Nc3c(C)cc(C)cc3C)C2=O)c(OC)c1. The summed E-state index contributed by atoms with van der Waals surface area (Å²) in [7, 11) is 3.05. The van der Waals surface area contributed by atoms with E-state index in [0.717, 1.165) is 22.4 Å². The van der Waals surface area contributed by atoms with Crippen molar-refractivity contribution in [3.8, 4) is 11.5 Å². The van der Waals surface area contributed by atoms with Gasteiger partial charge in [-0.15, -0.1) is 0 Å². The Morgan fingerprint density at radius 1 is 1.00 bits per heavy atom. The molecule has 0 aromatic heterocycles. The van der Waals surface area contributed by atoms with Crippen LogP contribution in [-0.2, 0) is 9.59 Å². The number of nitrogens with one attached hydrogen (secondary N) is 1. The minimum Gasteiger partial charge on any atom is -0.497 e. The van der Waals surface area contributed by atoms with Gasteiger partial charge in [0.2, 0.25) is 5.91 Å². The van der Waals surface area contributed by atoms with Gasteiger partial charge in [-0.25, -0.2) is 4.90 Å². The molecule has 0 spiro atoms. The number of hydrogen-bond donors (Lipinski definition) is 1. The van der Waals surface area contributed by atoms with Gasteiger partial charge in [0.05, 0.1) is 26.3 Å². The molecule has 142 valence electrons. The molecule has 0 radical (unpaired) electrons. The molecule has 2 aromatic carbocycles. The van der Waals surface area contributed by atoms with E-state index in [9.17, 15) is 9.59 Å². The lowest BCUT2D eigenvalue weighted by Gasteiger charge is -2.20. The van der Waals surface area contributed by atoms with E-state index in [1.54, 1.807) is 25.3 Å². The standard InChI is InChI=1S/C21H24N2O4/c1-12-8-13(2)20(14(3)9-12)22-16-11-19(24)23(21(16)25)17-7-6-15(26-4)10-18(17)27-5/h6-10,16,22H,11H2,1-5H3/t16-/m1/s1. The van der Waals surface area contributed by atoms with Crippen LogP contribution in [0.15, 0.2) is 30.3 Å². The molecule has 1 aliphatic heterocycles. The van der Waals surface area contributed by atoms with Crippen LogP contribution in [0.4, 0.5) is 11.4 Å². The van der Waals surface area contributed by atoms with Gasteiger partial charge in [0.25, 0.3) is 5.91 Å². The summed E-state index contributed by atoms with van der Waals surface area (Å²) in [6, 6.07) is 8.53. The number of carbonyl (C=O) groups is 2. The van der Waals surface area contributed by atoms with E-state index in [1.807, 2.05) is 20.8 Å². The van der Waals surface area contributed by atoms with E-state index in [2.05, 4.69) is 17.4 Å². The van der Waals surface area contributed by atoms with E-state index < -0.39 is 6.04 Å². The van der Waals surface area contributed by atoms with E-state index in [1.165, 1.54) is 12.0 Å². The van der Waals surface area contributed by atoms with Crippen molar-refractivity contribution in [2.45, 2.75) is 33.2 Å². The van der Waals surface area contributed by atoms with Crippen molar-refractivity contribution in [3.63, 3.8) is 0 Å². The molecule has 6 nitrogen and oxygen atoms in total. The van der Waals surface area contributed by atoms with Crippen LogP contribution in [0.3, 0.4) is 0 Å². The second-order valence-corrected chi connectivity index (χ2v) is 6.78. The lowest BCUT2D eigenvalue weighted by atomic mass is 10.0. The zero-order valence-corrected chi connectivity index (χ0v) is 16.3. The summed E-state index contributed by atoms with van der Waals surface area (Å²) >= 11 is 0. The second-order valence-electron chi connectivity index (χ2n) is 6.78. The molecule has 1 aliphatic rings. The van der Waals surface area contributed by atoms with Gasteiger partial charge in [-0.05, 0) is 44.0 Å². The molecule has 1 N–H and O–H groups in total. The molecule has 2 aromatic rings. The predicted molar refractivity (Wildman–Crippen MR) is 105 cm³/mol. The first-order valence-electron chi connectivity index (χ1n) is 8.79. The zero-order chi connectivity index (χ0) is 19.7. The average molecular weight is 368 g/mol. The summed E-state index contributed by atoms with van der Waals surface area (Å²) in [4.78, 5) is 26.8. The number of benzene rings is 2. The Morgan fingerprint density at radius 3 is 2.26 bits per heavy atom. The first kappa shape index (κ1) is 18.8. The van der Waals surface area contributed by atoms with E-state index in [4.69, 9.17) is 9.47 Å². The van der Waals surface area contributed by atoms with Crippen LogP contribution in [0.2, 0.25) is 0 Å². The number of carbonyl (C=O) groups excluding carboxylic acids is 2. The molecule has 6 heteroatoms. The highest BCUT2D eigenvalue weighted by atomic mass is 16.5. The topological polar surface area (TPSA) is 67.9 Å². The average Bonchev–Trinajstić information content (AvgIpc) is 2.91. The van der Waals surface area contributed by atoms with Crippen LogP contribution in [-0.4, -0.2) is 32.1 Å². The number of anilines is 2. The fourth-order valence-corrected chi connectivity index (χ4v) is 3.55. The van der Waals surface area contributed by atoms with Crippen molar-refractivity contribution < 1.29 is 19.1 Å². The first-order valence-corrected chi connectivity index (χ1v) is 8.79. The monoisotopic (exact) mass is 368 g/mol. The van der Waals surface area contributed by atoms with Gasteiger partial charge in [-0.1, -0.05) is 17.7 Å². The number of amides is 2. The van der Waals surface area contributed by atoms with Gasteiger partial charge in [0.1, 0.15) is 17.5 Å². The summed E-state index contributed by atoms with van der Waals surface area (Å²) in [5, 5.41) is 3.27. The van der Waals surface area contributed by atoms with Crippen LogP contribution in [0, 0.1) is 20.8 Å². The summed E-state index contributed by atoms with van der Waals surface area (Å²) in [5.74, 6) is 0.459. The van der Waals surface area contributed by atoms with Crippen LogP contribution < -0.4 is 19.7 Å². The molecular formula is C21H24N2O4. The minimum absolute atomic E-state index is 0.0980. The first-order chi connectivity index (χ1) is 12.8. The van der Waals surface area contributed by atoms with Gasteiger partial charge in [0, 0.05) is 11.8 Å².